The molecule has 0 unspecified atom stereocenters. The number of hydrogen-bond donors (Lipinski definition) is 0. The molecule has 0 atom stereocenters. The van der Waals surface area contributed by atoms with Crippen molar-refractivity contribution in [2.45, 2.75) is 25.7 Å². The van der Waals surface area contributed by atoms with Gasteiger partial charge in [-0.05, 0) is 37.8 Å². The predicted molar refractivity (Wildman–Crippen MR) is 117 cm³/mol. The lowest BCUT2D eigenvalue weighted by Gasteiger charge is -2.13. The molecule has 1 aromatic rings. The fourth-order valence-electron chi connectivity index (χ4n) is 2.71. The predicted octanol–water partition coefficient (Wildman–Crippen LogP) is 4.20. The topological polar surface area (TPSA) is 55.4 Å². The lowest BCUT2D eigenvalue weighted by molar-refractivity contribution is 0.0326. The van der Waals surface area contributed by atoms with Gasteiger partial charge in [-0.1, -0.05) is 36.4 Å². The van der Waals surface area contributed by atoms with E-state index in [4.69, 9.17) is 28.4 Å². The Kier molecular flexibility index (Phi) is 14.6. The van der Waals surface area contributed by atoms with E-state index in [1.165, 1.54) is 0 Å². The second-order valence-corrected chi connectivity index (χ2v) is 6.73. The van der Waals surface area contributed by atoms with Gasteiger partial charge in [0, 0.05) is 13.2 Å². The molecule has 6 nitrogen and oxygen atoms in total. The van der Waals surface area contributed by atoms with Crippen LogP contribution in [0.1, 0.15) is 25.7 Å². The van der Waals surface area contributed by atoms with Gasteiger partial charge >= 0.3 is 0 Å². The van der Waals surface area contributed by atoms with E-state index >= 15 is 0 Å². The highest BCUT2D eigenvalue weighted by atomic mass is 16.6. The summed E-state index contributed by atoms with van der Waals surface area (Å²) in [4.78, 5) is 0. The van der Waals surface area contributed by atoms with Crippen LogP contribution in [-0.4, -0.2) is 66.1 Å². The average molecular weight is 421 g/mol. The Bertz CT molecular complexity index is 536. The molecule has 0 aromatic heterocycles. The second-order valence-electron chi connectivity index (χ2n) is 6.73. The zero-order valence-corrected chi connectivity index (χ0v) is 18.0. The molecule has 1 heterocycles. The van der Waals surface area contributed by atoms with Crippen molar-refractivity contribution in [2.24, 2.45) is 0 Å². The van der Waals surface area contributed by atoms with Gasteiger partial charge in [-0.15, -0.1) is 0 Å². The summed E-state index contributed by atoms with van der Waals surface area (Å²) in [7, 11) is 0. The summed E-state index contributed by atoms with van der Waals surface area (Å²) in [6.45, 7) is 5.79. The van der Waals surface area contributed by atoms with Crippen molar-refractivity contribution in [3.63, 3.8) is 0 Å². The first-order valence-corrected chi connectivity index (χ1v) is 10.9. The maximum Gasteiger partial charge on any atom is 0.161 e. The smallest absolute Gasteiger partial charge is 0.161 e. The third-order valence-corrected chi connectivity index (χ3v) is 4.27. The molecule has 0 saturated carbocycles. The van der Waals surface area contributed by atoms with Gasteiger partial charge in [0.1, 0.15) is 13.2 Å². The number of para-hydroxylation sites is 2. The molecule has 1 aliphatic rings. The maximum atomic E-state index is 5.78. The van der Waals surface area contributed by atoms with Crippen molar-refractivity contribution in [1.29, 1.82) is 0 Å². The first-order chi connectivity index (χ1) is 15.0. The third-order valence-electron chi connectivity index (χ3n) is 4.27. The van der Waals surface area contributed by atoms with Crippen LogP contribution in [0, 0.1) is 0 Å². The second kappa shape index (κ2) is 18.0. The molecule has 0 fully saturated rings. The van der Waals surface area contributed by atoms with Gasteiger partial charge in [-0.25, -0.2) is 0 Å². The van der Waals surface area contributed by atoms with E-state index in [1.807, 2.05) is 24.3 Å². The SMILES string of the molecule is C1=C\CCCOCCOCCOc2ccccc2OCCOCCOCCC/C=C/1. The van der Waals surface area contributed by atoms with Crippen molar-refractivity contribution >= 4 is 0 Å². The third kappa shape index (κ3) is 12.6. The number of allylic oxidation sites excluding steroid dienone is 4. The van der Waals surface area contributed by atoms with E-state index in [0.29, 0.717) is 64.4 Å². The Morgan fingerprint density at radius 1 is 0.467 bits per heavy atom. The van der Waals surface area contributed by atoms with Gasteiger partial charge in [0.25, 0.3) is 0 Å². The van der Waals surface area contributed by atoms with Crippen LogP contribution >= 0.6 is 0 Å². The van der Waals surface area contributed by atoms with Crippen molar-refractivity contribution in [2.75, 3.05) is 66.1 Å². The van der Waals surface area contributed by atoms with E-state index in [1.54, 1.807) is 0 Å². The minimum atomic E-state index is 0.465. The van der Waals surface area contributed by atoms with Crippen molar-refractivity contribution in [3.8, 4) is 11.5 Å². The van der Waals surface area contributed by atoms with Crippen molar-refractivity contribution < 1.29 is 28.4 Å². The van der Waals surface area contributed by atoms with Crippen LogP contribution in [0.3, 0.4) is 0 Å². The van der Waals surface area contributed by atoms with Crippen LogP contribution in [0.15, 0.2) is 48.6 Å². The van der Waals surface area contributed by atoms with Crippen molar-refractivity contribution in [1.82, 2.24) is 0 Å². The minimum Gasteiger partial charge on any atom is -0.487 e. The van der Waals surface area contributed by atoms with Gasteiger partial charge in [-0.2, -0.15) is 0 Å². The van der Waals surface area contributed by atoms with Crippen LogP contribution < -0.4 is 9.47 Å². The standard InChI is InChI=1S/C24H36O6/c1-2-4-6-10-14-26-16-18-28-20-22-30-24-12-8-7-11-23(24)29-21-19-27-17-15-25-13-9-5-3-1/h1-4,7-8,11-12H,5-6,9-10,13-22H2/b3-1-,4-2+. The summed E-state index contributed by atoms with van der Waals surface area (Å²) in [6, 6.07) is 7.64. The fraction of sp³-hybridized carbons (Fsp3) is 0.583. The molecule has 0 spiro atoms. The first kappa shape index (κ1) is 24.4. The average Bonchev–Trinajstić information content (AvgIpc) is 2.77. The van der Waals surface area contributed by atoms with E-state index in [9.17, 15) is 0 Å². The molecule has 168 valence electrons. The van der Waals surface area contributed by atoms with E-state index in [-0.39, 0.29) is 0 Å². The summed E-state index contributed by atoms with van der Waals surface area (Å²) in [5.41, 5.74) is 0. The molecule has 30 heavy (non-hydrogen) atoms. The molecular weight excluding hydrogens is 384 g/mol. The summed E-state index contributed by atoms with van der Waals surface area (Å²) >= 11 is 0. The molecule has 0 N–H and O–H groups in total. The van der Waals surface area contributed by atoms with Crippen LogP contribution in [0.2, 0.25) is 0 Å². The molecule has 0 saturated heterocycles. The Morgan fingerprint density at radius 2 is 0.867 bits per heavy atom. The first-order valence-electron chi connectivity index (χ1n) is 10.9. The molecule has 1 aliphatic heterocycles. The number of hydrogen-bond acceptors (Lipinski definition) is 6. The minimum absolute atomic E-state index is 0.465. The highest BCUT2D eigenvalue weighted by Gasteiger charge is 2.04. The fourth-order valence-corrected chi connectivity index (χ4v) is 2.71. The van der Waals surface area contributed by atoms with Crippen molar-refractivity contribution in [3.05, 3.63) is 48.6 Å². The Balaban J connectivity index is 1.70. The normalized spacial score (nSPS) is 22.0. The van der Waals surface area contributed by atoms with E-state index < -0.39 is 0 Å². The number of ether oxygens (including phenoxy) is 6. The van der Waals surface area contributed by atoms with Gasteiger partial charge in [0.15, 0.2) is 11.5 Å². The monoisotopic (exact) mass is 420 g/mol. The Hall–Kier alpha value is -1.86. The van der Waals surface area contributed by atoms with Crippen LogP contribution in [0.4, 0.5) is 0 Å². The quantitative estimate of drug-likeness (QED) is 0.627. The highest BCUT2D eigenvalue weighted by Crippen LogP contribution is 2.26. The summed E-state index contributed by atoms with van der Waals surface area (Å²) in [6.07, 6.45) is 12.6. The molecular formula is C24H36O6. The van der Waals surface area contributed by atoms with Gasteiger partial charge < -0.3 is 28.4 Å². The molecule has 0 bridgehead atoms. The molecule has 0 aliphatic carbocycles. The van der Waals surface area contributed by atoms with Gasteiger partial charge in [-0.3, -0.25) is 0 Å². The van der Waals surface area contributed by atoms with Crippen LogP contribution in [0.5, 0.6) is 11.5 Å². The summed E-state index contributed by atoms with van der Waals surface area (Å²) < 4.78 is 33.9. The largest absolute Gasteiger partial charge is 0.487 e. The number of fused-ring (bicyclic) bond motifs is 1. The van der Waals surface area contributed by atoms with Crippen LogP contribution in [0.25, 0.3) is 0 Å². The lowest BCUT2D eigenvalue weighted by atomic mass is 10.2. The molecule has 2 rings (SSSR count). The molecule has 0 radical (unpaired) electrons. The zero-order chi connectivity index (χ0) is 21.0. The van der Waals surface area contributed by atoms with Crippen LogP contribution in [-0.2, 0) is 18.9 Å². The van der Waals surface area contributed by atoms with Gasteiger partial charge in [0.05, 0.1) is 39.6 Å². The zero-order valence-electron chi connectivity index (χ0n) is 18.0. The molecule has 6 heteroatoms. The Labute approximate surface area is 180 Å². The Morgan fingerprint density at radius 3 is 1.33 bits per heavy atom. The maximum absolute atomic E-state index is 5.78. The van der Waals surface area contributed by atoms with E-state index in [2.05, 4.69) is 24.3 Å². The lowest BCUT2D eigenvalue weighted by Crippen LogP contribution is -2.13. The number of benzene rings is 1. The van der Waals surface area contributed by atoms with Gasteiger partial charge in [0.2, 0.25) is 0 Å². The van der Waals surface area contributed by atoms with E-state index in [0.717, 1.165) is 38.9 Å². The molecule has 0 amide bonds. The summed E-state index contributed by atoms with van der Waals surface area (Å²) in [5, 5.41) is 0. The highest BCUT2D eigenvalue weighted by molar-refractivity contribution is 5.39. The number of rotatable bonds is 0. The molecule has 1 aromatic carbocycles. The summed E-state index contributed by atoms with van der Waals surface area (Å²) in [5.74, 6) is 1.42.